The van der Waals surface area contributed by atoms with Crippen LogP contribution in [0.2, 0.25) is 0 Å². The maximum Gasteiger partial charge on any atom is -0.00166 e. The van der Waals surface area contributed by atoms with Gasteiger partial charge in [-0.2, -0.15) is 0 Å². The van der Waals surface area contributed by atoms with Crippen LogP contribution >= 0.6 is 0 Å². The highest BCUT2D eigenvalue weighted by Gasteiger charge is 2.09. The molecule has 1 heteroatoms. The molecule has 1 nitrogen and oxygen atoms in total. The molecule has 2 atom stereocenters. The van der Waals surface area contributed by atoms with Crippen LogP contribution < -0.4 is 0 Å². The highest BCUT2D eigenvalue weighted by atomic mass is 14.4. The zero-order chi connectivity index (χ0) is 10.3. The van der Waals surface area contributed by atoms with Crippen molar-refractivity contribution in [1.82, 2.24) is 0 Å². The summed E-state index contributed by atoms with van der Waals surface area (Å²) in [5.41, 5.74) is 0. The van der Waals surface area contributed by atoms with Gasteiger partial charge >= 0.3 is 0 Å². The average molecular weight is 183 g/mol. The molecule has 78 valence electrons. The Hall–Kier alpha value is -0.330. The Morgan fingerprint density at radius 2 is 1.77 bits per heavy atom. The molecule has 0 saturated heterocycles. The van der Waals surface area contributed by atoms with E-state index in [-0.39, 0.29) is 0 Å². The van der Waals surface area contributed by atoms with Crippen molar-refractivity contribution in [1.29, 1.82) is 5.41 Å². The summed E-state index contributed by atoms with van der Waals surface area (Å²) in [6, 6.07) is 0. The van der Waals surface area contributed by atoms with Gasteiger partial charge in [-0.25, -0.2) is 0 Å². The van der Waals surface area contributed by atoms with Crippen molar-refractivity contribution in [3.63, 3.8) is 0 Å². The lowest BCUT2D eigenvalue weighted by molar-refractivity contribution is 0.414. The minimum atomic E-state index is 0.522. The summed E-state index contributed by atoms with van der Waals surface area (Å²) in [5, 5.41) is 7.33. The molecule has 0 aliphatic carbocycles. The zero-order valence-electron chi connectivity index (χ0n) is 9.64. The summed E-state index contributed by atoms with van der Waals surface area (Å²) >= 11 is 0. The van der Waals surface area contributed by atoms with Crippen LogP contribution in [0.15, 0.2) is 0 Å². The minimum Gasteiger partial charge on any atom is -0.313 e. The Morgan fingerprint density at radius 1 is 1.15 bits per heavy atom. The Labute approximate surface area is 83.4 Å². The van der Waals surface area contributed by atoms with Crippen molar-refractivity contribution in [2.45, 2.75) is 53.4 Å². The molecule has 0 aliphatic heterocycles. The van der Waals surface area contributed by atoms with Gasteiger partial charge in [-0.3, -0.25) is 0 Å². The second-order valence-electron chi connectivity index (χ2n) is 4.65. The van der Waals surface area contributed by atoms with Gasteiger partial charge in [0.2, 0.25) is 0 Å². The van der Waals surface area contributed by atoms with E-state index in [1.807, 2.05) is 0 Å². The molecular weight excluding hydrogens is 158 g/mol. The van der Waals surface area contributed by atoms with Crippen molar-refractivity contribution in [2.75, 3.05) is 0 Å². The molecule has 0 amide bonds. The van der Waals surface area contributed by atoms with Crippen LogP contribution in [0.3, 0.4) is 0 Å². The molecule has 0 radical (unpaired) electrons. The summed E-state index contributed by atoms with van der Waals surface area (Å²) in [6.45, 7) is 9.02. The predicted octanol–water partition coefficient (Wildman–Crippen LogP) is 4.12. The Balaban J connectivity index is 3.65. The van der Waals surface area contributed by atoms with Crippen LogP contribution in [0.25, 0.3) is 0 Å². The number of rotatable bonds is 7. The van der Waals surface area contributed by atoms with Gasteiger partial charge in [0.25, 0.3) is 0 Å². The molecule has 13 heavy (non-hydrogen) atoms. The lowest BCUT2D eigenvalue weighted by Crippen LogP contribution is -2.07. The molecule has 0 aromatic rings. The van der Waals surface area contributed by atoms with Gasteiger partial charge < -0.3 is 5.41 Å². The highest BCUT2D eigenvalue weighted by Crippen LogP contribution is 2.19. The molecule has 0 spiro atoms. The minimum absolute atomic E-state index is 0.522. The Bertz CT molecular complexity index is 129. The van der Waals surface area contributed by atoms with Crippen molar-refractivity contribution in [2.24, 2.45) is 17.8 Å². The smallest absolute Gasteiger partial charge is 0.00166 e. The third kappa shape index (κ3) is 6.80. The van der Waals surface area contributed by atoms with E-state index >= 15 is 0 Å². The summed E-state index contributed by atoms with van der Waals surface area (Å²) < 4.78 is 0. The monoisotopic (exact) mass is 183 g/mol. The second kappa shape index (κ2) is 7.11. The number of nitrogens with one attached hydrogen (secondary N) is 1. The normalized spacial score (nSPS) is 15.8. The molecular formula is C12H25N. The predicted molar refractivity (Wildman–Crippen MR) is 60.4 cm³/mol. The fraction of sp³-hybridized carbons (Fsp3) is 0.917. The van der Waals surface area contributed by atoms with Crippen LogP contribution in [0.1, 0.15) is 53.4 Å². The van der Waals surface area contributed by atoms with Gasteiger partial charge in [-0.05, 0) is 36.8 Å². The van der Waals surface area contributed by atoms with Gasteiger partial charge in [0, 0.05) is 0 Å². The van der Waals surface area contributed by atoms with Crippen LogP contribution in [-0.2, 0) is 0 Å². The first-order valence-electron chi connectivity index (χ1n) is 5.60. The SMILES string of the molecule is CCC(C)CCC(C=N)CC(C)C. The van der Waals surface area contributed by atoms with E-state index in [0.29, 0.717) is 5.92 Å². The van der Waals surface area contributed by atoms with E-state index in [9.17, 15) is 0 Å². The molecule has 1 N–H and O–H groups in total. The quantitative estimate of drug-likeness (QED) is 0.574. The van der Waals surface area contributed by atoms with Crippen LogP contribution in [-0.4, -0.2) is 6.21 Å². The van der Waals surface area contributed by atoms with E-state index < -0.39 is 0 Å². The summed E-state index contributed by atoms with van der Waals surface area (Å²) in [7, 11) is 0. The maximum atomic E-state index is 7.33. The van der Waals surface area contributed by atoms with E-state index in [0.717, 1.165) is 11.8 Å². The van der Waals surface area contributed by atoms with Gasteiger partial charge in [-0.1, -0.05) is 40.5 Å². The standard InChI is InChI=1S/C12H25N/c1-5-11(4)6-7-12(9-13)8-10(2)3/h9-13H,5-8H2,1-4H3. The molecule has 0 heterocycles. The third-order valence-corrected chi connectivity index (χ3v) is 2.74. The van der Waals surface area contributed by atoms with Gasteiger partial charge in [0.05, 0.1) is 0 Å². The van der Waals surface area contributed by atoms with E-state index in [1.165, 1.54) is 25.7 Å². The molecule has 0 fully saturated rings. The van der Waals surface area contributed by atoms with Crippen LogP contribution in [0.4, 0.5) is 0 Å². The lowest BCUT2D eigenvalue weighted by atomic mass is 9.90. The Kier molecular flexibility index (Phi) is 6.93. The van der Waals surface area contributed by atoms with Crippen molar-refractivity contribution in [3.8, 4) is 0 Å². The van der Waals surface area contributed by atoms with Gasteiger partial charge in [0.1, 0.15) is 0 Å². The van der Waals surface area contributed by atoms with Gasteiger partial charge in [0.15, 0.2) is 0 Å². The summed E-state index contributed by atoms with van der Waals surface area (Å²) in [6.07, 6.45) is 6.58. The largest absolute Gasteiger partial charge is 0.313 e. The molecule has 0 aromatic carbocycles. The molecule has 2 unspecified atom stereocenters. The topological polar surface area (TPSA) is 23.9 Å². The fourth-order valence-corrected chi connectivity index (χ4v) is 1.58. The average Bonchev–Trinajstić information content (AvgIpc) is 2.10. The Morgan fingerprint density at radius 3 is 2.15 bits per heavy atom. The molecule has 0 saturated carbocycles. The third-order valence-electron chi connectivity index (χ3n) is 2.74. The maximum absolute atomic E-state index is 7.33. The van der Waals surface area contributed by atoms with Crippen molar-refractivity contribution < 1.29 is 0 Å². The fourth-order valence-electron chi connectivity index (χ4n) is 1.58. The zero-order valence-corrected chi connectivity index (χ0v) is 9.64. The van der Waals surface area contributed by atoms with E-state index in [2.05, 4.69) is 27.7 Å². The van der Waals surface area contributed by atoms with Gasteiger partial charge in [-0.15, -0.1) is 0 Å². The summed E-state index contributed by atoms with van der Waals surface area (Å²) in [5.74, 6) is 2.08. The molecule has 0 aromatic heterocycles. The summed E-state index contributed by atoms with van der Waals surface area (Å²) in [4.78, 5) is 0. The van der Waals surface area contributed by atoms with Crippen molar-refractivity contribution in [3.05, 3.63) is 0 Å². The van der Waals surface area contributed by atoms with Crippen LogP contribution in [0.5, 0.6) is 0 Å². The first-order valence-corrected chi connectivity index (χ1v) is 5.60. The lowest BCUT2D eigenvalue weighted by Gasteiger charge is -2.16. The number of hydrogen-bond acceptors (Lipinski definition) is 1. The first-order chi connectivity index (χ1) is 6.10. The number of hydrogen-bond donors (Lipinski definition) is 1. The van der Waals surface area contributed by atoms with Crippen molar-refractivity contribution >= 4 is 6.21 Å². The van der Waals surface area contributed by atoms with E-state index in [1.54, 1.807) is 6.21 Å². The van der Waals surface area contributed by atoms with Crippen LogP contribution in [0, 0.1) is 23.2 Å². The van der Waals surface area contributed by atoms with E-state index in [4.69, 9.17) is 5.41 Å². The highest BCUT2D eigenvalue weighted by molar-refractivity contribution is 5.56. The molecule has 0 rings (SSSR count). The second-order valence-corrected chi connectivity index (χ2v) is 4.65. The first kappa shape index (κ1) is 12.7. The molecule has 0 bridgehead atoms. The molecule has 0 aliphatic rings.